The van der Waals surface area contributed by atoms with Crippen LogP contribution in [0.5, 0.6) is 0 Å². The third kappa shape index (κ3) is 4.14. The number of nitro groups is 1. The summed E-state index contributed by atoms with van der Waals surface area (Å²) in [4.78, 5) is 22.2. The number of anilines is 1. The lowest BCUT2D eigenvalue weighted by atomic mass is 10.1. The maximum atomic E-state index is 12.8. The zero-order chi connectivity index (χ0) is 19.6. The van der Waals surface area contributed by atoms with Crippen molar-refractivity contribution in [1.82, 2.24) is 0 Å². The molecule has 2 aromatic carbocycles. The fourth-order valence-corrected chi connectivity index (χ4v) is 2.32. The van der Waals surface area contributed by atoms with Crippen molar-refractivity contribution >= 4 is 17.3 Å². The van der Waals surface area contributed by atoms with Gasteiger partial charge >= 0.3 is 6.18 Å². The molecule has 1 heterocycles. The number of carbonyl (C=O) groups is 1. The molecule has 0 radical (unpaired) electrons. The number of nitro benzene ring substituents is 1. The Morgan fingerprint density at radius 1 is 1.04 bits per heavy atom. The highest BCUT2D eigenvalue weighted by molar-refractivity contribution is 6.02. The van der Waals surface area contributed by atoms with E-state index in [1.165, 1.54) is 48.5 Å². The number of alkyl halides is 3. The van der Waals surface area contributed by atoms with Gasteiger partial charge in [-0.3, -0.25) is 14.9 Å². The van der Waals surface area contributed by atoms with E-state index < -0.39 is 22.6 Å². The van der Waals surface area contributed by atoms with E-state index in [-0.39, 0.29) is 22.8 Å². The predicted molar refractivity (Wildman–Crippen MR) is 90.2 cm³/mol. The third-order valence-corrected chi connectivity index (χ3v) is 3.64. The number of nitrogens with one attached hydrogen (secondary N) is 1. The Balaban J connectivity index is 1.77. The van der Waals surface area contributed by atoms with E-state index >= 15 is 0 Å². The van der Waals surface area contributed by atoms with Gasteiger partial charge in [0.05, 0.1) is 10.5 Å². The quantitative estimate of drug-likeness (QED) is 0.505. The smallest absolute Gasteiger partial charge is 0.416 e. The Kier molecular flexibility index (Phi) is 4.68. The molecular formula is C18H11F3N2O4. The third-order valence-electron chi connectivity index (χ3n) is 3.64. The molecule has 0 aliphatic heterocycles. The van der Waals surface area contributed by atoms with Crippen LogP contribution in [0.3, 0.4) is 0 Å². The van der Waals surface area contributed by atoms with Crippen molar-refractivity contribution < 1.29 is 27.3 Å². The van der Waals surface area contributed by atoms with Crippen molar-refractivity contribution in [2.45, 2.75) is 6.18 Å². The SMILES string of the molecule is O=C(Nc1ccc([N+](=O)[O-])cc1)c1ccc(-c2cccc(C(F)(F)F)c2)o1. The van der Waals surface area contributed by atoms with Crippen LogP contribution in [0.25, 0.3) is 11.3 Å². The average molecular weight is 376 g/mol. The molecule has 27 heavy (non-hydrogen) atoms. The Morgan fingerprint density at radius 3 is 2.37 bits per heavy atom. The highest BCUT2D eigenvalue weighted by Gasteiger charge is 2.30. The molecule has 0 saturated heterocycles. The molecular weight excluding hydrogens is 365 g/mol. The summed E-state index contributed by atoms with van der Waals surface area (Å²) in [5.41, 5.74) is -0.465. The topological polar surface area (TPSA) is 85.4 Å². The minimum absolute atomic E-state index is 0.106. The lowest BCUT2D eigenvalue weighted by Crippen LogP contribution is -2.10. The lowest BCUT2D eigenvalue weighted by Gasteiger charge is -2.07. The second-order valence-corrected chi connectivity index (χ2v) is 5.50. The number of halogens is 3. The number of benzene rings is 2. The van der Waals surface area contributed by atoms with Crippen LogP contribution in [0.2, 0.25) is 0 Å². The maximum absolute atomic E-state index is 12.8. The van der Waals surface area contributed by atoms with Crippen LogP contribution in [0.4, 0.5) is 24.5 Å². The predicted octanol–water partition coefficient (Wildman–Crippen LogP) is 5.13. The van der Waals surface area contributed by atoms with Crippen molar-refractivity contribution in [3.05, 3.63) is 82.1 Å². The largest absolute Gasteiger partial charge is 0.451 e. The van der Waals surface area contributed by atoms with E-state index in [1.54, 1.807) is 0 Å². The van der Waals surface area contributed by atoms with E-state index in [0.717, 1.165) is 12.1 Å². The van der Waals surface area contributed by atoms with Gasteiger partial charge in [0.2, 0.25) is 0 Å². The van der Waals surface area contributed by atoms with Gasteiger partial charge in [-0.1, -0.05) is 12.1 Å². The number of hydrogen-bond acceptors (Lipinski definition) is 4. The van der Waals surface area contributed by atoms with Crippen LogP contribution in [0.1, 0.15) is 16.1 Å². The first-order chi connectivity index (χ1) is 12.7. The molecule has 0 fully saturated rings. The Morgan fingerprint density at radius 2 is 1.74 bits per heavy atom. The lowest BCUT2D eigenvalue weighted by molar-refractivity contribution is -0.384. The van der Waals surface area contributed by atoms with Crippen molar-refractivity contribution in [2.75, 3.05) is 5.32 Å². The van der Waals surface area contributed by atoms with Gasteiger partial charge in [0.1, 0.15) is 5.76 Å². The number of rotatable bonds is 4. The number of carbonyl (C=O) groups excluding carboxylic acids is 1. The van der Waals surface area contributed by atoms with E-state index in [1.807, 2.05) is 0 Å². The van der Waals surface area contributed by atoms with Crippen LogP contribution in [0, 0.1) is 10.1 Å². The van der Waals surface area contributed by atoms with Crippen molar-refractivity contribution in [3.8, 4) is 11.3 Å². The average Bonchev–Trinajstić information content (AvgIpc) is 3.12. The Labute approximate surface area is 150 Å². The zero-order valence-electron chi connectivity index (χ0n) is 13.5. The van der Waals surface area contributed by atoms with Gasteiger partial charge in [-0.25, -0.2) is 0 Å². The molecule has 138 valence electrons. The first kappa shape index (κ1) is 18.2. The van der Waals surface area contributed by atoms with E-state index in [2.05, 4.69) is 5.32 Å². The number of furan rings is 1. The first-order valence-corrected chi connectivity index (χ1v) is 7.57. The van der Waals surface area contributed by atoms with E-state index in [9.17, 15) is 28.1 Å². The molecule has 3 rings (SSSR count). The monoisotopic (exact) mass is 376 g/mol. The second-order valence-electron chi connectivity index (χ2n) is 5.50. The van der Waals surface area contributed by atoms with Crippen LogP contribution < -0.4 is 5.32 Å². The molecule has 0 atom stereocenters. The number of hydrogen-bond donors (Lipinski definition) is 1. The highest BCUT2D eigenvalue weighted by atomic mass is 19.4. The highest BCUT2D eigenvalue weighted by Crippen LogP contribution is 2.32. The van der Waals surface area contributed by atoms with Crippen molar-refractivity contribution in [2.24, 2.45) is 0 Å². The van der Waals surface area contributed by atoms with Crippen LogP contribution >= 0.6 is 0 Å². The molecule has 1 aromatic heterocycles. The molecule has 1 amide bonds. The van der Waals surface area contributed by atoms with Gasteiger partial charge in [-0.05, 0) is 36.4 Å². The van der Waals surface area contributed by atoms with Crippen LogP contribution in [-0.2, 0) is 6.18 Å². The van der Waals surface area contributed by atoms with Gasteiger partial charge in [0.15, 0.2) is 5.76 Å². The molecule has 0 unspecified atom stereocenters. The number of nitrogens with zero attached hydrogens (tertiary/aromatic N) is 1. The summed E-state index contributed by atoms with van der Waals surface area (Å²) >= 11 is 0. The molecule has 0 spiro atoms. The summed E-state index contributed by atoms with van der Waals surface area (Å²) in [5.74, 6) is -0.641. The van der Waals surface area contributed by atoms with Crippen molar-refractivity contribution in [1.29, 1.82) is 0 Å². The van der Waals surface area contributed by atoms with Crippen molar-refractivity contribution in [3.63, 3.8) is 0 Å². The van der Waals surface area contributed by atoms with E-state index in [0.29, 0.717) is 5.69 Å². The Hall–Kier alpha value is -3.62. The summed E-state index contributed by atoms with van der Waals surface area (Å²) in [6, 6.07) is 12.4. The fraction of sp³-hybridized carbons (Fsp3) is 0.0556. The number of amides is 1. The zero-order valence-corrected chi connectivity index (χ0v) is 13.5. The second kappa shape index (κ2) is 6.94. The van der Waals surface area contributed by atoms with Gasteiger partial charge in [0.25, 0.3) is 11.6 Å². The molecule has 0 bridgehead atoms. The molecule has 1 N–H and O–H groups in total. The van der Waals surface area contributed by atoms with Gasteiger partial charge < -0.3 is 9.73 Å². The minimum Gasteiger partial charge on any atom is -0.451 e. The van der Waals surface area contributed by atoms with Gasteiger partial charge in [-0.15, -0.1) is 0 Å². The summed E-state index contributed by atoms with van der Waals surface area (Å²) in [7, 11) is 0. The van der Waals surface area contributed by atoms with E-state index in [4.69, 9.17) is 4.42 Å². The summed E-state index contributed by atoms with van der Waals surface area (Å²) in [6.45, 7) is 0. The fourth-order valence-electron chi connectivity index (χ4n) is 2.32. The molecule has 0 saturated carbocycles. The van der Waals surface area contributed by atoms with Crippen LogP contribution in [-0.4, -0.2) is 10.8 Å². The van der Waals surface area contributed by atoms with Gasteiger partial charge in [-0.2, -0.15) is 13.2 Å². The number of non-ortho nitro benzene ring substituents is 1. The maximum Gasteiger partial charge on any atom is 0.416 e. The summed E-state index contributed by atoms with van der Waals surface area (Å²) < 4.78 is 43.7. The molecule has 9 heteroatoms. The Bertz CT molecular complexity index is 994. The standard InChI is InChI=1S/C18H11F3N2O4/c19-18(20,21)12-3-1-2-11(10-12)15-8-9-16(27-15)17(24)22-13-4-6-14(7-5-13)23(25)26/h1-10H,(H,22,24). The van der Waals surface area contributed by atoms with Gasteiger partial charge in [0, 0.05) is 23.4 Å². The molecule has 0 aliphatic rings. The van der Waals surface area contributed by atoms with Crippen LogP contribution in [0.15, 0.2) is 65.1 Å². The summed E-state index contributed by atoms with van der Waals surface area (Å²) in [6.07, 6.45) is -4.49. The first-order valence-electron chi connectivity index (χ1n) is 7.57. The molecule has 6 nitrogen and oxygen atoms in total. The minimum atomic E-state index is -4.49. The summed E-state index contributed by atoms with van der Waals surface area (Å²) in [5, 5.41) is 13.1. The molecule has 0 aliphatic carbocycles. The normalized spacial score (nSPS) is 11.2. The molecule has 3 aromatic rings.